The monoisotopic (exact) mass is 300 g/mol. The molecule has 1 saturated heterocycles. The minimum absolute atomic E-state index is 0.178. The highest BCUT2D eigenvalue weighted by Gasteiger charge is 2.23. The van der Waals surface area contributed by atoms with Gasteiger partial charge in [0, 0.05) is 18.3 Å². The van der Waals surface area contributed by atoms with Crippen LogP contribution in [-0.2, 0) is 6.42 Å². The maximum atomic E-state index is 12.1. The van der Waals surface area contributed by atoms with Crippen LogP contribution in [0.5, 0.6) is 0 Å². The third kappa shape index (κ3) is 3.99. The molecule has 0 aliphatic carbocycles. The molecule has 2 N–H and O–H groups in total. The number of urea groups is 1. The van der Waals surface area contributed by atoms with E-state index in [2.05, 4.69) is 28.5 Å². The first-order valence-corrected chi connectivity index (χ1v) is 7.99. The molecular weight excluding hydrogens is 276 g/mol. The minimum atomic E-state index is -0.178. The van der Waals surface area contributed by atoms with Gasteiger partial charge in [-0.2, -0.15) is 5.26 Å². The van der Waals surface area contributed by atoms with E-state index in [-0.39, 0.29) is 6.03 Å². The predicted molar refractivity (Wildman–Crippen MR) is 87.8 cm³/mol. The fourth-order valence-electron chi connectivity index (χ4n) is 3.00. The molecule has 118 valence electrons. The summed E-state index contributed by atoms with van der Waals surface area (Å²) in [6.07, 6.45) is 3.12. The van der Waals surface area contributed by atoms with Crippen molar-refractivity contribution in [3.8, 4) is 6.07 Å². The summed E-state index contributed by atoms with van der Waals surface area (Å²) < 4.78 is 0. The summed E-state index contributed by atoms with van der Waals surface area (Å²) in [5.74, 6) is 0. The van der Waals surface area contributed by atoms with Crippen LogP contribution < -0.4 is 10.6 Å². The summed E-state index contributed by atoms with van der Waals surface area (Å²) in [4.78, 5) is 14.5. The van der Waals surface area contributed by atoms with Crippen molar-refractivity contribution >= 4 is 11.7 Å². The average molecular weight is 300 g/mol. The number of nitriles is 1. The van der Waals surface area contributed by atoms with Gasteiger partial charge in [0.25, 0.3) is 0 Å². The second-order valence-corrected chi connectivity index (χ2v) is 5.60. The molecule has 1 aromatic rings. The molecule has 1 fully saturated rings. The van der Waals surface area contributed by atoms with Crippen molar-refractivity contribution in [1.82, 2.24) is 10.2 Å². The number of nitrogens with zero attached hydrogens (tertiary/aromatic N) is 2. The first-order chi connectivity index (χ1) is 10.7. The van der Waals surface area contributed by atoms with Gasteiger partial charge in [0.2, 0.25) is 0 Å². The van der Waals surface area contributed by atoms with Gasteiger partial charge >= 0.3 is 6.03 Å². The summed E-state index contributed by atoms with van der Waals surface area (Å²) in [5, 5.41) is 14.8. The second kappa shape index (κ2) is 7.81. The molecule has 22 heavy (non-hydrogen) atoms. The van der Waals surface area contributed by atoms with E-state index >= 15 is 0 Å². The summed E-state index contributed by atoms with van der Waals surface area (Å²) >= 11 is 0. The van der Waals surface area contributed by atoms with Crippen LogP contribution in [0.3, 0.4) is 0 Å². The number of rotatable bonds is 5. The molecule has 0 saturated carbocycles. The van der Waals surface area contributed by atoms with Gasteiger partial charge in [0.15, 0.2) is 0 Å². The van der Waals surface area contributed by atoms with Gasteiger partial charge in [0.1, 0.15) is 0 Å². The van der Waals surface area contributed by atoms with Crippen LogP contribution in [0.2, 0.25) is 0 Å². The van der Waals surface area contributed by atoms with Crippen molar-refractivity contribution in [3.05, 3.63) is 29.3 Å². The molecule has 1 aliphatic heterocycles. The number of hydrogen-bond donors (Lipinski definition) is 2. The number of anilines is 1. The Morgan fingerprint density at radius 2 is 2.27 bits per heavy atom. The molecule has 0 radical (unpaired) electrons. The van der Waals surface area contributed by atoms with Crippen LogP contribution in [0.4, 0.5) is 10.5 Å². The van der Waals surface area contributed by atoms with Crippen LogP contribution in [0.15, 0.2) is 18.2 Å². The maximum Gasteiger partial charge on any atom is 0.319 e. The van der Waals surface area contributed by atoms with E-state index in [4.69, 9.17) is 5.26 Å². The Balaban J connectivity index is 1.91. The summed E-state index contributed by atoms with van der Waals surface area (Å²) in [5.41, 5.74) is 2.37. The Labute approximate surface area is 132 Å². The summed E-state index contributed by atoms with van der Waals surface area (Å²) in [6, 6.07) is 7.74. The van der Waals surface area contributed by atoms with Gasteiger partial charge in [0.05, 0.1) is 11.6 Å². The number of hydrogen-bond acceptors (Lipinski definition) is 3. The molecule has 0 aromatic heterocycles. The van der Waals surface area contributed by atoms with Gasteiger partial charge < -0.3 is 10.6 Å². The summed E-state index contributed by atoms with van der Waals surface area (Å²) in [7, 11) is 0. The van der Waals surface area contributed by atoms with Gasteiger partial charge in [-0.25, -0.2) is 4.79 Å². The van der Waals surface area contributed by atoms with Crippen molar-refractivity contribution in [1.29, 1.82) is 5.26 Å². The highest BCUT2D eigenvalue weighted by Crippen LogP contribution is 2.18. The average Bonchev–Trinajstić information content (AvgIpc) is 3.00. The molecule has 0 spiro atoms. The number of amides is 2. The third-order valence-corrected chi connectivity index (χ3v) is 4.27. The lowest BCUT2D eigenvalue weighted by Gasteiger charge is -2.23. The van der Waals surface area contributed by atoms with Crippen molar-refractivity contribution in [2.45, 2.75) is 39.2 Å². The molecular formula is C17H24N4O. The largest absolute Gasteiger partial charge is 0.336 e. The van der Waals surface area contributed by atoms with Gasteiger partial charge in [-0.3, -0.25) is 4.90 Å². The highest BCUT2D eigenvalue weighted by atomic mass is 16.2. The lowest BCUT2D eigenvalue weighted by molar-refractivity contribution is 0.238. The Hall–Kier alpha value is -2.06. The SMILES string of the molecule is CCc1cc(C#N)ccc1NC(=O)NC[C@H]1CCCN1CC. The molecule has 2 rings (SSSR count). The molecule has 5 nitrogen and oxygen atoms in total. The van der Waals surface area contributed by atoms with Crippen LogP contribution in [-0.4, -0.2) is 36.6 Å². The zero-order valence-corrected chi connectivity index (χ0v) is 13.4. The van der Waals surface area contributed by atoms with Crippen LogP contribution in [0.25, 0.3) is 0 Å². The lowest BCUT2D eigenvalue weighted by atomic mass is 10.1. The number of likely N-dealkylation sites (N-methyl/N-ethyl adjacent to an activating group) is 1. The first-order valence-electron chi connectivity index (χ1n) is 7.99. The zero-order chi connectivity index (χ0) is 15.9. The van der Waals surface area contributed by atoms with E-state index in [1.165, 1.54) is 6.42 Å². The van der Waals surface area contributed by atoms with E-state index < -0.39 is 0 Å². The van der Waals surface area contributed by atoms with Gasteiger partial charge in [-0.15, -0.1) is 0 Å². The number of nitrogens with one attached hydrogen (secondary N) is 2. The van der Waals surface area contributed by atoms with E-state index in [0.717, 1.165) is 37.2 Å². The van der Waals surface area contributed by atoms with Crippen molar-refractivity contribution in [2.75, 3.05) is 25.0 Å². The zero-order valence-electron chi connectivity index (χ0n) is 13.4. The third-order valence-electron chi connectivity index (χ3n) is 4.27. The van der Waals surface area contributed by atoms with Crippen LogP contribution in [0, 0.1) is 11.3 Å². The molecule has 0 bridgehead atoms. The topological polar surface area (TPSA) is 68.2 Å². The Morgan fingerprint density at radius 1 is 1.45 bits per heavy atom. The molecule has 1 aromatic carbocycles. The van der Waals surface area contributed by atoms with E-state index in [1.54, 1.807) is 12.1 Å². The van der Waals surface area contributed by atoms with Crippen molar-refractivity contribution in [3.63, 3.8) is 0 Å². The van der Waals surface area contributed by atoms with E-state index in [0.29, 0.717) is 18.2 Å². The van der Waals surface area contributed by atoms with E-state index in [9.17, 15) is 4.79 Å². The quantitative estimate of drug-likeness (QED) is 0.878. The number of benzene rings is 1. The summed E-state index contributed by atoms with van der Waals surface area (Å²) in [6.45, 7) is 7.00. The normalized spacial score (nSPS) is 18.0. The molecule has 2 amide bonds. The van der Waals surface area contributed by atoms with E-state index in [1.807, 2.05) is 13.0 Å². The Morgan fingerprint density at radius 3 is 2.95 bits per heavy atom. The fourth-order valence-corrected chi connectivity index (χ4v) is 3.00. The Kier molecular flexibility index (Phi) is 5.79. The smallest absolute Gasteiger partial charge is 0.319 e. The predicted octanol–water partition coefficient (Wildman–Crippen LogP) is 2.73. The number of likely N-dealkylation sites (tertiary alicyclic amines) is 1. The molecule has 5 heteroatoms. The first kappa shape index (κ1) is 16.3. The number of aryl methyl sites for hydroxylation is 1. The number of carbonyl (C=O) groups is 1. The maximum absolute atomic E-state index is 12.1. The van der Waals surface area contributed by atoms with Crippen LogP contribution >= 0.6 is 0 Å². The Bertz CT molecular complexity index is 564. The van der Waals surface area contributed by atoms with Crippen molar-refractivity contribution in [2.24, 2.45) is 0 Å². The standard InChI is InChI=1S/C17H24N4O/c1-3-14-10-13(11-18)7-8-16(14)20-17(22)19-12-15-6-5-9-21(15)4-2/h7-8,10,15H,3-6,9,12H2,1-2H3,(H2,19,20,22)/t15-/m1/s1. The lowest BCUT2D eigenvalue weighted by Crippen LogP contribution is -2.41. The van der Waals surface area contributed by atoms with Gasteiger partial charge in [-0.1, -0.05) is 13.8 Å². The second-order valence-electron chi connectivity index (χ2n) is 5.60. The van der Waals surface area contributed by atoms with Crippen LogP contribution in [0.1, 0.15) is 37.8 Å². The van der Waals surface area contributed by atoms with Gasteiger partial charge in [-0.05, 0) is 56.1 Å². The fraction of sp³-hybridized carbons (Fsp3) is 0.529. The highest BCUT2D eigenvalue weighted by molar-refractivity contribution is 5.90. The minimum Gasteiger partial charge on any atom is -0.336 e. The molecule has 1 atom stereocenters. The number of carbonyl (C=O) groups excluding carboxylic acids is 1. The molecule has 1 heterocycles. The molecule has 0 unspecified atom stereocenters. The molecule has 1 aliphatic rings. The van der Waals surface area contributed by atoms with Crippen molar-refractivity contribution < 1.29 is 4.79 Å².